The number of fused-ring (bicyclic) bond motifs is 1. The fraction of sp³-hybridized carbons (Fsp3) is 0.500. The molecular weight excluding hydrogens is 254 g/mol. The van der Waals surface area contributed by atoms with Gasteiger partial charge in [0.1, 0.15) is 0 Å². The predicted molar refractivity (Wildman–Crippen MR) is 75.1 cm³/mol. The first-order chi connectivity index (χ1) is 9.74. The molecule has 0 saturated carbocycles. The second kappa shape index (κ2) is 5.58. The number of aromatic nitrogens is 3. The number of amides is 1. The van der Waals surface area contributed by atoms with Crippen molar-refractivity contribution in [3.8, 4) is 0 Å². The molecule has 6 heteroatoms. The Hall–Kier alpha value is -1.95. The van der Waals surface area contributed by atoms with E-state index < -0.39 is 0 Å². The number of carbonyl (C=O) groups excluding carboxylic acids is 1. The number of likely N-dealkylation sites (tertiary alicyclic amines) is 1. The molecule has 1 aliphatic heterocycles. The SMILES string of the molecule is CC(=O)N1CCC(NCc2nnc3ccccn23)CC1. The van der Waals surface area contributed by atoms with Gasteiger partial charge in [-0.2, -0.15) is 0 Å². The summed E-state index contributed by atoms with van der Waals surface area (Å²) >= 11 is 0. The molecule has 20 heavy (non-hydrogen) atoms. The Morgan fingerprint density at radius 2 is 2.15 bits per heavy atom. The zero-order valence-electron chi connectivity index (χ0n) is 11.6. The minimum absolute atomic E-state index is 0.173. The third kappa shape index (κ3) is 2.65. The first-order valence-electron chi connectivity index (χ1n) is 7.01. The van der Waals surface area contributed by atoms with Gasteiger partial charge in [-0.1, -0.05) is 6.07 Å². The smallest absolute Gasteiger partial charge is 0.219 e. The van der Waals surface area contributed by atoms with Gasteiger partial charge in [0.05, 0.1) is 6.54 Å². The van der Waals surface area contributed by atoms with E-state index in [1.807, 2.05) is 33.7 Å². The lowest BCUT2D eigenvalue weighted by molar-refractivity contribution is -0.129. The molecule has 0 bridgehead atoms. The molecular formula is C14H19N5O. The van der Waals surface area contributed by atoms with E-state index in [-0.39, 0.29) is 5.91 Å². The summed E-state index contributed by atoms with van der Waals surface area (Å²) in [7, 11) is 0. The van der Waals surface area contributed by atoms with Crippen molar-refractivity contribution >= 4 is 11.6 Å². The monoisotopic (exact) mass is 273 g/mol. The third-order valence-corrected chi connectivity index (χ3v) is 3.87. The Morgan fingerprint density at radius 1 is 1.35 bits per heavy atom. The summed E-state index contributed by atoms with van der Waals surface area (Å²) in [5.41, 5.74) is 0.871. The van der Waals surface area contributed by atoms with Crippen LogP contribution in [-0.2, 0) is 11.3 Å². The van der Waals surface area contributed by atoms with Gasteiger partial charge in [0, 0.05) is 32.3 Å². The molecule has 1 fully saturated rings. The molecule has 0 radical (unpaired) electrons. The highest BCUT2D eigenvalue weighted by molar-refractivity contribution is 5.73. The highest BCUT2D eigenvalue weighted by Gasteiger charge is 2.20. The number of rotatable bonds is 3. The van der Waals surface area contributed by atoms with Gasteiger partial charge in [-0.15, -0.1) is 10.2 Å². The van der Waals surface area contributed by atoms with Crippen LogP contribution in [0.2, 0.25) is 0 Å². The zero-order chi connectivity index (χ0) is 13.9. The minimum Gasteiger partial charge on any atom is -0.343 e. The number of nitrogens with one attached hydrogen (secondary N) is 1. The molecule has 1 amide bonds. The fourth-order valence-corrected chi connectivity index (χ4v) is 2.65. The molecule has 0 spiro atoms. The summed E-state index contributed by atoms with van der Waals surface area (Å²) < 4.78 is 2.00. The van der Waals surface area contributed by atoms with Crippen LogP contribution in [0.25, 0.3) is 5.65 Å². The van der Waals surface area contributed by atoms with Crippen LogP contribution in [0, 0.1) is 0 Å². The van der Waals surface area contributed by atoms with Gasteiger partial charge in [-0.05, 0) is 25.0 Å². The second-order valence-corrected chi connectivity index (χ2v) is 5.21. The van der Waals surface area contributed by atoms with Crippen molar-refractivity contribution in [1.82, 2.24) is 24.8 Å². The van der Waals surface area contributed by atoms with Gasteiger partial charge in [0.2, 0.25) is 5.91 Å². The van der Waals surface area contributed by atoms with Crippen molar-refractivity contribution in [2.24, 2.45) is 0 Å². The molecule has 1 aliphatic rings. The summed E-state index contributed by atoms with van der Waals surface area (Å²) in [4.78, 5) is 13.2. The van der Waals surface area contributed by atoms with Crippen molar-refractivity contribution in [2.75, 3.05) is 13.1 Å². The molecule has 0 aromatic carbocycles. The van der Waals surface area contributed by atoms with E-state index in [0.717, 1.165) is 37.4 Å². The largest absolute Gasteiger partial charge is 0.343 e. The van der Waals surface area contributed by atoms with Crippen LogP contribution in [0.4, 0.5) is 0 Å². The average molecular weight is 273 g/mol. The van der Waals surface area contributed by atoms with Gasteiger partial charge in [0.15, 0.2) is 11.5 Å². The first kappa shape index (κ1) is 13.1. The first-order valence-corrected chi connectivity index (χ1v) is 7.01. The van der Waals surface area contributed by atoms with Crippen molar-refractivity contribution < 1.29 is 4.79 Å². The predicted octanol–water partition coefficient (Wildman–Crippen LogP) is 0.830. The molecule has 3 heterocycles. The number of hydrogen-bond donors (Lipinski definition) is 1. The summed E-state index contributed by atoms with van der Waals surface area (Å²) in [6.07, 6.45) is 3.97. The van der Waals surface area contributed by atoms with Gasteiger partial charge in [-0.25, -0.2) is 0 Å². The van der Waals surface area contributed by atoms with Crippen LogP contribution in [0.15, 0.2) is 24.4 Å². The average Bonchev–Trinajstić information content (AvgIpc) is 2.89. The lowest BCUT2D eigenvalue weighted by atomic mass is 10.1. The van der Waals surface area contributed by atoms with E-state index >= 15 is 0 Å². The van der Waals surface area contributed by atoms with Crippen LogP contribution in [0.3, 0.4) is 0 Å². The lowest BCUT2D eigenvalue weighted by Gasteiger charge is -2.31. The van der Waals surface area contributed by atoms with Crippen LogP contribution < -0.4 is 5.32 Å². The third-order valence-electron chi connectivity index (χ3n) is 3.87. The van der Waals surface area contributed by atoms with Crippen LogP contribution in [0.1, 0.15) is 25.6 Å². The molecule has 2 aromatic heterocycles. The second-order valence-electron chi connectivity index (χ2n) is 5.21. The maximum Gasteiger partial charge on any atom is 0.219 e. The van der Waals surface area contributed by atoms with Gasteiger partial charge in [0.25, 0.3) is 0 Å². The lowest BCUT2D eigenvalue weighted by Crippen LogP contribution is -2.44. The van der Waals surface area contributed by atoms with Gasteiger partial charge >= 0.3 is 0 Å². The number of carbonyl (C=O) groups is 1. The zero-order valence-corrected chi connectivity index (χ0v) is 11.6. The molecule has 106 valence electrons. The summed E-state index contributed by atoms with van der Waals surface area (Å²) in [5.74, 6) is 1.10. The highest BCUT2D eigenvalue weighted by atomic mass is 16.2. The summed E-state index contributed by atoms with van der Waals surface area (Å²) in [6.45, 7) is 4.02. The number of pyridine rings is 1. The van der Waals surface area contributed by atoms with Crippen molar-refractivity contribution in [3.63, 3.8) is 0 Å². The Kier molecular flexibility index (Phi) is 3.64. The van der Waals surface area contributed by atoms with Crippen LogP contribution in [0.5, 0.6) is 0 Å². The van der Waals surface area contributed by atoms with E-state index in [1.165, 1.54) is 0 Å². The Morgan fingerprint density at radius 3 is 2.90 bits per heavy atom. The normalized spacial score (nSPS) is 16.8. The summed E-state index contributed by atoms with van der Waals surface area (Å²) in [5, 5.41) is 11.9. The minimum atomic E-state index is 0.173. The molecule has 3 rings (SSSR count). The Labute approximate surface area is 117 Å². The standard InChI is InChI=1S/C14H19N5O/c1-11(20)18-8-5-12(6-9-18)15-10-14-17-16-13-4-2-3-7-19(13)14/h2-4,7,12,15H,5-6,8-10H2,1H3. The fourth-order valence-electron chi connectivity index (χ4n) is 2.65. The molecule has 2 aromatic rings. The van der Waals surface area contributed by atoms with Gasteiger partial charge in [-0.3, -0.25) is 9.20 Å². The molecule has 0 aliphatic carbocycles. The Balaban J connectivity index is 1.57. The maximum absolute atomic E-state index is 11.3. The van der Waals surface area contributed by atoms with Crippen LogP contribution in [-0.4, -0.2) is 44.5 Å². The summed E-state index contributed by atoms with van der Waals surface area (Å²) in [6, 6.07) is 6.33. The number of nitrogens with zero attached hydrogens (tertiary/aromatic N) is 4. The number of piperidine rings is 1. The maximum atomic E-state index is 11.3. The van der Waals surface area contributed by atoms with E-state index in [2.05, 4.69) is 15.5 Å². The quantitative estimate of drug-likeness (QED) is 0.899. The highest BCUT2D eigenvalue weighted by Crippen LogP contribution is 2.11. The van der Waals surface area contributed by atoms with Crippen molar-refractivity contribution in [2.45, 2.75) is 32.4 Å². The van der Waals surface area contributed by atoms with Crippen LogP contribution >= 0.6 is 0 Å². The van der Waals surface area contributed by atoms with E-state index in [1.54, 1.807) is 6.92 Å². The van der Waals surface area contributed by atoms with Crippen molar-refractivity contribution in [1.29, 1.82) is 0 Å². The molecule has 1 saturated heterocycles. The van der Waals surface area contributed by atoms with E-state index in [0.29, 0.717) is 12.6 Å². The molecule has 1 N–H and O–H groups in total. The van der Waals surface area contributed by atoms with Gasteiger partial charge < -0.3 is 10.2 Å². The molecule has 0 atom stereocenters. The van der Waals surface area contributed by atoms with Crippen molar-refractivity contribution in [3.05, 3.63) is 30.2 Å². The van der Waals surface area contributed by atoms with E-state index in [9.17, 15) is 4.79 Å². The Bertz CT molecular complexity index is 600. The molecule has 0 unspecified atom stereocenters. The van der Waals surface area contributed by atoms with E-state index in [4.69, 9.17) is 0 Å². The molecule has 6 nitrogen and oxygen atoms in total. The number of hydrogen-bond acceptors (Lipinski definition) is 4. The topological polar surface area (TPSA) is 62.5 Å².